The van der Waals surface area contributed by atoms with Crippen LogP contribution in [0.4, 0.5) is 0 Å². The molecular formula is C16H22O3. The quantitative estimate of drug-likeness (QED) is 0.612. The Bertz CT molecular complexity index is 424. The predicted octanol–water partition coefficient (Wildman–Crippen LogP) is 3.91. The largest absolute Gasteiger partial charge is 0.373 e. The van der Waals surface area contributed by atoms with Crippen LogP contribution in [0.5, 0.6) is 0 Å². The molecule has 3 unspecified atom stereocenters. The maximum absolute atomic E-state index is 11.8. The minimum atomic E-state index is -0.411. The monoisotopic (exact) mass is 262 g/mol. The molecule has 3 atom stereocenters. The van der Waals surface area contributed by atoms with Crippen LogP contribution in [0.15, 0.2) is 24.3 Å². The summed E-state index contributed by atoms with van der Waals surface area (Å²) in [5, 5.41) is 0. The van der Waals surface area contributed by atoms with Gasteiger partial charge in [-0.05, 0) is 50.2 Å². The molecule has 0 N–H and O–H groups in total. The zero-order valence-corrected chi connectivity index (χ0v) is 11.9. The average Bonchev–Trinajstić information content (AvgIpc) is 2.38. The van der Waals surface area contributed by atoms with Crippen molar-refractivity contribution in [1.29, 1.82) is 0 Å². The number of benzene rings is 1. The van der Waals surface area contributed by atoms with Gasteiger partial charge in [-0.15, -0.1) is 0 Å². The van der Waals surface area contributed by atoms with Crippen molar-refractivity contribution >= 4 is 5.97 Å². The van der Waals surface area contributed by atoms with E-state index in [1.165, 1.54) is 0 Å². The number of hydrogen-bond donors (Lipinski definition) is 0. The van der Waals surface area contributed by atoms with Gasteiger partial charge in [0.2, 0.25) is 0 Å². The van der Waals surface area contributed by atoms with Crippen LogP contribution in [0.2, 0.25) is 0 Å². The van der Waals surface area contributed by atoms with Crippen molar-refractivity contribution in [1.82, 2.24) is 0 Å². The first-order chi connectivity index (χ1) is 9.06. The molecule has 104 valence electrons. The topological polar surface area (TPSA) is 35.5 Å². The summed E-state index contributed by atoms with van der Waals surface area (Å²) in [6.45, 7) is 6.39. The molecule has 1 aliphatic carbocycles. The summed E-state index contributed by atoms with van der Waals surface area (Å²) in [4.78, 5) is 22.1. The molecule has 1 aliphatic rings. The molecule has 0 amide bonds. The molecule has 0 spiro atoms. The zero-order valence-electron chi connectivity index (χ0n) is 11.9. The van der Waals surface area contributed by atoms with Crippen molar-refractivity contribution in [3.63, 3.8) is 0 Å². The highest BCUT2D eigenvalue weighted by Gasteiger charge is 2.28. The van der Waals surface area contributed by atoms with E-state index in [4.69, 9.17) is 9.78 Å². The molecule has 0 bridgehead atoms. The second kappa shape index (κ2) is 6.20. The summed E-state index contributed by atoms with van der Waals surface area (Å²) in [6, 6.07) is 7.30. The zero-order chi connectivity index (χ0) is 13.8. The summed E-state index contributed by atoms with van der Waals surface area (Å²) >= 11 is 0. The Labute approximate surface area is 114 Å². The molecule has 1 aromatic carbocycles. The van der Waals surface area contributed by atoms with Gasteiger partial charge in [-0.1, -0.05) is 31.5 Å². The van der Waals surface area contributed by atoms with E-state index in [9.17, 15) is 4.79 Å². The lowest BCUT2D eigenvalue weighted by Crippen LogP contribution is -2.29. The van der Waals surface area contributed by atoms with Crippen LogP contribution in [0.3, 0.4) is 0 Å². The number of carbonyl (C=O) groups is 1. The summed E-state index contributed by atoms with van der Waals surface area (Å²) in [7, 11) is 0. The second-order valence-electron chi connectivity index (χ2n) is 5.77. The molecule has 0 aliphatic heterocycles. The fourth-order valence-corrected chi connectivity index (χ4v) is 2.62. The molecule has 0 saturated heterocycles. The van der Waals surface area contributed by atoms with Crippen molar-refractivity contribution in [2.75, 3.05) is 0 Å². The third-order valence-electron chi connectivity index (χ3n) is 3.89. The van der Waals surface area contributed by atoms with Gasteiger partial charge in [-0.25, -0.2) is 4.79 Å². The van der Waals surface area contributed by atoms with Gasteiger partial charge < -0.3 is 0 Å². The SMILES string of the molecule is Cc1ccc(C(=O)OOC2CCC(C)CC2C)cc1. The van der Waals surface area contributed by atoms with E-state index in [1.807, 2.05) is 19.1 Å². The Morgan fingerprint density at radius 3 is 2.47 bits per heavy atom. The minimum Gasteiger partial charge on any atom is -0.293 e. The molecule has 1 aromatic rings. The summed E-state index contributed by atoms with van der Waals surface area (Å²) in [5.41, 5.74) is 1.65. The van der Waals surface area contributed by atoms with Gasteiger partial charge in [0.25, 0.3) is 0 Å². The van der Waals surface area contributed by atoms with Crippen molar-refractivity contribution < 1.29 is 14.6 Å². The van der Waals surface area contributed by atoms with E-state index in [-0.39, 0.29) is 6.10 Å². The number of rotatable bonds is 3. The van der Waals surface area contributed by atoms with E-state index < -0.39 is 5.97 Å². The van der Waals surface area contributed by atoms with Crippen molar-refractivity contribution in [2.45, 2.75) is 46.1 Å². The molecule has 2 rings (SSSR count). The van der Waals surface area contributed by atoms with Crippen LogP contribution < -0.4 is 0 Å². The van der Waals surface area contributed by atoms with Crippen LogP contribution in [0, 0.1) is 18.8 Å². The molecule has 0 radical (unpaired) electrons. The minimum absolute atomic E-state index is 0.0330. The lowest BCUT2D eigenvalue weighted by atomic mass is 9.81. The molecule has 3 nitrogen and oxygen atoms in total. The van der Waals surface area contributed by atoms with Gasteiger partial charge in [0.1, 0.15) is 6.10 Å². The van der Waals surface area contributed by atoms with E-state index in [2.05, 4.69) is 13.8 Å². The molecular weight excluding hydrogens is 240 g/mol. The summed E-state index contributed by atoms with van der Waals surface area (Å²) in [5.74, 6) is 0.767. The first kappa shape index (κ1) is 14.1. The van der Waals surface area contributed by atoms with Crippen molar-refractivity contribution in [3.05, 3.63) is 35.4 Å². The third kappa shape index (κ3) is 3.80. The molecule has 3 heteroatoms. The van der Waals surface area contributed by atoms with Gasteiger partial charge in [0, 0.05) is 0 Å². The Kier molecular flexibility index (Phi) is 4.59. The highest BCUT2D eigenvalue weighted by molar-refractivity contribution is 5.88. The van der Waals surface area contributed by atoms with E-state index >= 15 is 0 Å². The summed E-state index contributed by atoms with van der Waals surface area (Å²) in [6.07, 6.45) is 3.26. The lowest BCUT2D eigenvalue weighted by molar-refractivity contribution is -0.290. The fourth-order valence-electron chi connectivity index (χ4n) is 2.62. The van der Waals surface area contributed by atoms with E-state index in [0.717, 1.165) is 30.7 Å². The molecule has 0 aromatic heterocycles. The smallest absolute Gasteiger partial charge is 0.293 e. The lowest BCUT2D eigenvalue weighted by Gasteiger charge is -2.30. The van der Waals surface area contributed by atoms with Gasteiger partial charge in [0.05, 0.1) is 5.56 Å². The molecule has 1 fully saturated rings. The summed E-state index contributed by atoms with van der Waals surface area (Å²) < 4.78 is 0. The van der Waals surface area contributed by atoms with Gasteiger partial charge in [-0.2, -0.15) is 4.89 Å². The van der Waals surface area contributed by atoms with Crippen LogP contribution in [0.25, 0.3) is 0 Å². The maximum atomic E-state index is 11.8. The highest BCUT2D eigenvalue weighted by Crippen LogP contribution is 2.30. The first-order valence-corrected chi connectivity index (χ1v) is 7.00. The molecule has 19 heavy (non-hydrogen) atoms. The Hall–Kier alpha value is -1.35. The predicted molar refractivity (Wildman–Crippen MR) is 73.6 cm³/mol. The second-order valence-corrected chi connectivity index (χ2v) is 5.77. The van der Waals surface area contributed by atoms with Crippen LogP contribution in [-0.2, 0) is 9.78 Å². The Morgan fingerprint density at radius 2 is 1.84 bits per heavy atom. The highest BCUT2D eigenvalue weighted by atomic mass is 17.2. The first-order valence-electron chi connectivity index (χ1n) is 7.00. The number of aryl methyl sites for hydroxylation is 1. The van der Waals surface area contributed by atoms with Crippen LogP contribution in [0.1, 0.15) is 49.0 Å². The normalized spacial score (nSPS) is 27.0. The fraction of sp³-hybridized carbons (Fsp3) is 0.562. The Morgan fingerprint density at radius 1 is 1.16 bits per heavy atom. The van der Waals surface area contributed by atoms with E-state index in [1.54, 1.807) is 12.1 Å². The third-order valence-corrected chi connectivity index (χ3v) is 3.89. The van der Waals surface area contributed by atoms with E-state index in [0.29, 0.717) is 11.5 Å². The van der Waals surface area contributed by atoms with Gasteiger partial charge in [-0.3, -0.25) is 4.89 Å². The van der Waals surface area contributed by atoms with Gasteiger partial charge in [0.15, 0.2) is 0 Å². The van der Waals surface area contributed by atoms with Crippen LogP contribution in [-0.4, -0.2) is 12.1 Å². The van der Waals surface area contributed by atoms with Crippen LogP contribution >= 0.6 is 0 Å². The van der Waals surface area contributed by atoms with Crippen molar-refractivity contribution in [3.8, 4) is 0 Å². The number of carbonyl (C=O) groups excluding carboxylic acids is 1. The molecule has 0 heterocycles. The maximum Gasteiger partial charge on any atom is 0.373 e. The standard InChI is InChI=1S/C16H22O3/c1-11-4-7-14(8-5-11)16(17)19-18-15-9-6-12(2)10-13(15)3/h4-5,7-8,12-13,15H,6,9-10H2,1-3H3. The van der Waals surface area contributed by atoms with Gasteiger partial charge >= 0.3 is 5.97 Å². The van der Waals surface area contributed by atoms with Crippen molar-refractivity contribution in [2.24, 2.45) is 11.8 Å². The average molecular weight is 262 g/mol. The Balaban J connectivity index is 1.85. The number of hydrogen-bond acceptors (Lipinski definition) is 3. The molecule has 1 saturated carbocycles.